The molecule has 5 heteroatoms. The number of hydrogen-bond acceptors (Lipinski definition) is 4. The van der Waals surface area contributed by atoms with Crippen molar-refractivity contribution in [2.24, 2.45) is 5.41 Å². The van der Waals surface area contributed by atoms with E-state index in [1.54, 1.807) is 0 Å². The molecule has 0 bridgehead atoms. The van der Waals surface area contributed by atoms with E-state index in [2.05, 4.69) is 38.7 Å². The fourth-order valence-electron chi connectivity index (χ4n) is 5.29. The second-order valence-corrected chi connectivity index (χ2v) is 9.42. The van der Waals surface area contributed by atoms with Gasteiger partial charge in [0.25, 0.3) is 0 Å². The van der Waals surface area contributed by atoms with E-state index in [1.165, 1.54) is 56.6 Å². The molecule has 1 atom stereocenters. The predicted molar refractivity (Wildman–Crippen MR) is 105 cm³/mol. The van der Waals surface area contributed by atoms with Crippen molar-refractivity contribution in [3.8, 4) is 0 Å². The molecule has 3 heterocycles. The van der Waals surface area contributed by atoms with Gasteiger partial charge in [0, 0.05) is 41.8 Å². The van der Waals surface area contributed by atoms with Crippen molar-refractivity contribution in [2.75, 3.05) is 31.1 Å². The number of piperidine rings is 1. The standard InChI is InChI=1S/C20H30BrN3O/c1-15-11-16(21)12-22-19(15)24-9-2-7-20(14-24)8-10-23(13-20)17-3-5-18(25)6-4-17/h11-12,17-18,25H,2-10,13-14H2,1H3/t17-,18+,20-/m1/s1. The van der Waals surface area contributed by atoms with Gasteiger partial charge in [0.1, 0.15) is 5.82 Å². The third kappa shape index (κ3) is 3.74. The van der Waals surface area contributed by atoms with Gasteiger partial charge in [-0.15, -0.1) is 0 Å². The maximum Gasteiger partial charge on any atom is 0.131 e. The summed E-state index contributed by atoms with van der Waals surface area (Å²) < 4.78 is 1.06. The van der Waals surface area contributed by atoms with Gasteiger partial charge in [0.15, 0.2) is 0 Å². The maximum absolute atomic E-state index is 9.78. The highest BCUT2D eigenvalue weighted by Gasteiger charge is 2.43. The molecule has 2 saturated heterocycles. The van der Waals surface area contributed by atoms with Gasteiger partial charge in [-0.2, -0.15) is 0 Å². The van der Waals surface area contributed by atoms with Crippen LogP contribution in [0.15, 0.2) is 16.7 Å². The summed E-state index contributed by atoms with van der Waals surface area (Å²) in [6.07, 6.45) is 10.1. The molecular weight excluding hydrogens is 378 g/mol. The van der Waals surface area contributed by atoms with Gasteiger partial charge in [-0.3, -0.25) is 4.90 Å². The monoisotopic (exact) mass is 407 g/mol. The topological polar surface area (TPSA) is 39.6 Å². The molecule has 1 saturated carbocycles. The molecule has 1 aliphatic carbocycles. The second-order valence-electron chi connectivity index (χ2n) is 8.50. The molecule has 3 fully saturated rings. The number of anilines is 1. The van der Waals surface area contributed by atoms with Crippen LogP contribution in [0.5, 0.6) is 0 Å². The number of aryl methyl sites for hydroxylation is 1. The molecule has 3 aliphatic rings. The van der Waals surface area contributed by atoms with Crippen molar-refractivity contribution >= 4 is 21.7 Å². The number of hydrogen-bond donors (Lipinski definition) is 1. The van der Waals surface area contributed by atoms with Gasteiger partial charge in [0.2, 0.25) is 0 Å². The Morgan fingerprint density at radius 3 is 2.72 bits per heavy atom. The summed E-state index contributed by atoms with van der Waals surface area (Å²) in [5, 5.41) is 9.78. The first kappa shape index (κ1) is 17.7. The molecule has 138 valence electrons. The number of halogens is 1. The fraction of sp³-hybridized carbons (Fsp3) is 0.750. The first-order valence-corrected chi connectivity index (χ1v) is 10.6. The SMILES string of the molecule is Cc1cc(Br)cnc1N1CCC[C@]2(CCN([C@H]3CC[C@@H](O)CC3)C2)C1. The van der Waals surface area contributed by atoms with Gasteiger partial charge in [-0.1, -0.05) is 0 Å². The Morgan fingerprint density at radius 2 is 1.96 bits per heavy atom. The molecule has 1 aromatic rings. The average Bonchev–Trinajstić information content (AvgIpc) is 2.99. The molecule has 1 aromatic heterocycles. The zero-order chi connectivity index (χ0) is 17.4. The summed E-state index contributed by atoms with van der Waals surface area (Å²) in [7, 11) is 0. The average molecular weight is 408 g/mol. The number of nitrogens with zero attached hydrogens (tertiary/aromatic N) is 3. The molecule has 0 unspecified atom stereocenters. The largest absolute Gasteiger partial charge is 0.393 e. The second kappa shape index (κ2) is 7.16. The fourth-order valence-corrected chi connectivity index (χ4v) is 5.74. The zero-order valence-electron chi connectivity index (χ0n) is 15.3. The van der Waals surface area contributed by atoms with Crippen LogP contribution in [0.3, 0.4) is 0 Å². The van der Waals surface area contributed by atoms with E-state index in [-0.39, 0.29) is 6.10 Å². The number of aliphatic hydroxyl groups excluding tert-OH is 1. The minimum absolute atomic E-state index is 0.0514. The zero-order valence-corrected chi connectivity index (χ0v) is 16.8. The Hall–Kier alpha value is -0.650. The Morgan fingerprint density at radius 1 is 1.16 bits per heavy atom. The van der Waals surface area contributed by atoms with Crippen LogP contribution in [0, 0.1) is 12.3 Å². The van der Waals surface area contributed by atoms with Crippen molar-refractivity contribution in [3.05, 3.63) is 22.3 Å². The van der Waals surface area contributed by atoms with Gasteiger partial charge < -0.3 is 10.0 Å². The molecule has 4 rings (SSSR count). The van der Waals surface area contributed by atoms with Gasteiger partial charge in [0.05, 0.1) is 6.10 Å². The Balaban J connectivity index is 1.44. The van der Waals surface area contributed by atoms with Crippen LogP contribution in [0.4, 0.5) is 5.82 Å². The first-order chi connectivity index (χ1) is 12.0. The molecule has 0 radical (unpaired) electrons. The van der Waals surface area contributed by atoms with E-state index >= 15 is 0 Å². The molecule has 0 amide bonds. The minimum atomic E-state index is -0.0514. The lowest BCUT2D eigenvalue weighted by molar-refractivity contribution is 0.0770. The van der Waals surface area contributed by atoms with Crippen LogP contribution in [-0.4, -0.2) is 53.3 Å². The highest BCUT2D eigenvalue weighted by atomic mass is 79.9. The van der Waals surface area contributed by atoms with Crippen molar-refractivity contribution in [1.82, 2.24) is 9.88 Å². The van der Waals surface area contributed by atoms with Gasteiger partial charge >= 0.3 is 0 Å². The van der Waals surface area contributed by atoms with Gasteiger partial charge in [-0.25, -0.2) is 4.98 Å². The molecular formula is C20H30BrN3O. The third-order valence-corrected chi connectivity index (χ3v) is 7.06. The van der Waals surface area contributed by atoms with Crippen LogP contribution in [0.1, 0.15) is 50.5 Å². The predicted octanol–water partition coefficient (Wildman–Crippen LogP) is 3.75. The van der Waals surface area contributed by atoms with E-state index in [4.69, 9.17) is 4.98 Å². The normalized spacial score (nSPS) is 34.0. The molecule has 1 N–H and O–H groups in total. The number of pyridine rings is 1. The van der Waals surface area contributed by atoms with Crippen molar-refractivity contribution < 1.29 is 5.11 Å². The van der Waals surface area contributed by atoms with E-state index in [0.29, 0.717) is 11.5 Å². The summed E-state index contributed by atoms with van der Waals surface area (Å²) in [6, 6.07) is 2.88. The van der Waals surface area contributed by atoms with Crippen molar-refractivity contribution in [1.29, 1.82) is 0 Å². The Bertz CT molecular complexity index is 617. The lowest BCUT2D eigenvalue weighted by Crippen LogP contribution is -2.47. The number of likely N-dealkylation sites (tertiary alicyclic amines) is 1. The lowest BCUT2D eigenvalue weighted by Gasteiger charge is -2.42. The molecule has 25 heavy (non-hydrogen) atoms. The van der Waals surface area contributed by atoms with Crippen LogP contribution < -0.4 is 4.90 Å². The van der Waals surface area contributed by atoms with Crippen LogP contribution >= 0.6 is 15.9 Å². The van der Waals surface area contributed by atoms with E-state index < -0.39 is 0 Å². The third-order valence-electron chi connectivity index (χ3n) is 6.63. The summed E-state index contributed by atoms with van der Waals surface area (Å²) in [5.74, 6) is 1.17. The van der Waals surface area contributed by atoms with Crippen molar-refractivity contribution in [3.63, 3.8) is 0 Å². The highest BCUT2D eigenvalue weighted by Crippen LogP contribution is 2.42. The Labute approximate surface area is 159 Å². The number of aromatic nitrogens is 1. The number of aliphatic hydroxyl groups is 1. The first-order valence-electron chi connectivity index (χ1n) is 9.84. The lowest BCUT2D eigenvalue weighted by atomic mass is 9.79. The van der Waals surface area contributed by atoms with Crippen LogP contribution in [-0.2, 0) is 0 Å². The van der Waals surface area contributed by atoms with E-state index in [0.717, 1.165) is 30.4 Å². The molecule has 1 spiro atoms. The van der Waals surface area contributed by atoms with Crippen molar-refractivity contribution in [2.45, 2.75) is 64.0 Å². The highest BCUT2D eigenvalue weighted by molar-refractivity contribution is 9.10. The summed E-state index contributed by atoms with van der Waals surface area (Å²) >= 11 is 3.53. The summed E-state index contributed by atoms with van der Waals surface area (Å²) in [5.41, 5.74) is 1.71. The van der Waals surface area contributed by atoms with Crippen LogP contribution in [0.25, 0.3) is 0 Å². The van der Waals surface area contributed by atoms with E-state index in [1.807, 2.05) is 6.20 Å². The molecule has 4 nitrogen and oxygen atoms in total. The smallest absolute Gasteiger partial charge is 0.131 e. The van der Waals surface area contributed by atoms with Gasteiger partial charge in [-0.05, 0) is 86.0 Å². The number of rotatable bonds is 2. The summed E-state index contributed by atoms with van der Waals surface area (Å²) in [6.45, 7) is 6.92. The van der Waals surface area contributed by atoms with E-state index in [9.17, 15) is 5.11 Å². The summed E-state index contributed by atoms with van der Waals surface area (Å²) in [4.78, 5) is 9.97. The van der Waals surface area contributed by atoms with Crippen LogP contribution in [0.2, 0.25) is 0 Å². The minimum Gasteiger partial charge on any atom is -0.393 e. The quantitative estimate of drug-likeness (QED) is 0.809. The Kier molecular flexibility index (Phi) is 5.09. The molecule has 2 aliphatic heterocycles. The maximum atomic E-state index is 9.78. The molecule has 0 aromatic carbocycles.